The zero-order valence-electron chi connectivity index (χ0n) is 15.1. The maximum absolute atomic E-state index is 13.0. The van der Waals surface area contributed by atoms with Gasteiger partial charge in [-0.1, -0.05) is 37.0 Å². The molecule has 0 spiro atoms. The predicted molar refractivity (Wildman–Crippen MR) is 104 cm³/mol. The van der Waals surface area contributed by atoms with Crippen LogP contribution in [0.3, 0.4) is 0 Å². The predicted octanol–water partition coefficient (Wildman–Crippen LogP) is 4.11. The molecule has 1 aromatic carbocycles. The number of nitrogens with zero attached hydrogens (tertiary/aromatic N) is 2. The maximum atomic E-state index is 13.0. The summed E-state index contributed by atoms with van der Waals surface area (Å²) in [5.74, 6) is 0.204. The van der Waals surface area contributed by atoms with Gasteiger partial charge in [-0.25, -0.2) is 4.98 Å². The van der Waals surface area contributed by atoms with Crippen LogP contribution < -0.4 is 5.32 Å². The molecule has 1 aliphatic carbocycles. The smallest absolute Gasteiger partial charge is 0.254 e. The van der Waals surface area contributed by atoms with Crippen molar-refractivity contribution in [2.45, 2.75) is 39.0 Å². The molecule has 0 unspecified atom stereocenters. The van der Waals surface area contributed by atoms with Gasteiger partial charge in [-0.3, -0.25) is 9.59 Å². The first-order chi connectivity index (χ1) is 12.6. The van der Waals surface area contributed by atoms with Gasteiger partial charge < -0.3 is 10.2 Å². The van der Waals surface area contributed by atoms with E-state index in [2.05, 4.69) is 10.3 Å². The lowest BCUT2D eigenvalue weighted by Gasteiger charge is -2.29. The lowest BCUT2D eigenvalue weighted by molar-refractivity contribution is -0.117. The monoisotopic (exact) mass is 371 g/mol. The molecule has 5 nitrogen and oxygen atoms in total. The highest BCUT2D eigenvalue weighted by Gasteiger charge is 2.24. The van der Waals surface area contributed by atoms with E-state index in [1.807, 2.05) is 36.6 Å². The van der Waals surface area contributed by atoms with E-state index in [9.17, 15) is 9.59 Å². The molecule has 1 heterocycles. The number of nitrogens with one attached hydrogen (secondary N) is 1. The Kier molecular flexibility index (Phi) is 6.39. The zero-order valence-corrected chi connectivity index (χ0v) is 15.9. The van der Waals surface area contributed by atoms with Crippen molar-refractivity contribution in [3.05, 3.63) is 47.0 Å². The molecule has 3 rings (SSSR count). The highest BCUT2D eigenvalue weighted by atomic mass is 32.1. The normalized spacial score (nSPS) is 14.8. The van der Waals surface area contributed by atoms with Crippen LogP contribution >= 0.6 is 11.3 Å². The van der Waals surface area contributed by atoms with Crippen LogP contribution in [-0.2, 0) is 4.79 Å². The zero-order chi connectivity index (χ0) is 18.4. The fraction of sp³-hybridized carbons (Fsp3) is 0.450. The lowest BCUT2D eigenvalue weighted by Crippen LogP contribution is -2.41. The minimum atomic E-state index is -0.197. The number of benzene rings is 1. The summed E-state index contributed by atoms with van der Waals surface area (Å²) in [6.07, 6.45) is 7.60. The highest BCUT2D eigenvalue weighted by Crippen LogP contribution is 2.25. The Hall–Kier alpha value is -2.21. The van der Waals surface area contributed by atoms with E-state index in [4.69, 9.17) is 0 Å². The van der Waals surface area contributed by atoms with Crippen molar-refractivity contribution < 1.29 is 9.59 Å². The van der Waals surface area contributed by atoms with Crippen molar-refractivity contribution in [2.75, 3.05) is 18.4 Å². The molecule has 0 aliphatic heterocycles. The number of anilines is 1. The van der Waals surface area contributed by atoms with Gasteiger partial charge in [0.25, 0.3) is 5.91 Å². The Bertz CT molecular complexity index is 739. The molecule has 1 aromatic heterocycles. The number of carbonyl (C=O) groups is 2. The number of aryl methyl sites for hydroxylation is 1. The molecule has 1 aliphatic rings. The number of carbonyl (C=O) groups excluding carboxylic acids is 2. The summed E-state index contributed by atoms with van der Waals surface area (Å²) >= 11 is 1.37. The van der Waals surface area contributed by atoms with E-state index >= 15 is 0 Å². The maximum Gasteiger partial charge on any atom is 0.254 e. The Morgan fingerprint density at radius 2 is 2.08 bits per heavy atom. The summed E-state index contributed by atoms with van der Waals surface area (Å²) in [6.45, 7) is 2.67. The summed E-state index contributed by atoms with van der Waals surface area (Å²) in [5, 5.41) is 5.16. The van der Waals surface area contributed by atoms with Crippen LogP contribution in [0.15, 0.2) is 35.8 Å². The van der Waals surface area contributed by atoms with Gasteiger partial charge >= 0.3 is 0 Å². The first-order valence-corrected chi connectivity index (χ1v) is 10.0. The number of thiazole rings is 1. The summed E-state index contributed by atoms with van der Waals surface area (Å²) in [4.78, 5) is 31.2. The third-order valence-corrected chi connectivity index (χ3v) is 5.46. The summed E-state index contributed by atoms with van der Waals surface area (Å²) < 4.78 is 0. The van der Waals surface area contributed by atoms with Crippen molar-refractivity contribution in [1.82, 2.24) is 9.88 Å². The fourth-order valence-electron chi connectivity index (χ4n) is 3.48. The van der Waals surface area contributed by atoms with Crippen LogP contribution in [0.25, 0.3) is 0 Å². The molecule has 1 saturated carbocycles. The minimum Gasteiger partial charge on any atom is -0.329 e. The van der Waals surface area contributed by atoms with E-state index in [-0.39, 0.29) is 18.4 Å². The van der Waals surface area contributed by atoms with Crippen LogP contribution in [-0.4, -0.2) is 34.8 Å². The van der Waals surface area contributed by atoms with Crippen molar-refractivity contribution in [3.8, 4) is 0 Å². The summed E-state index contributed by atoms with van der Waals surface area (Å²) in [7, 11) is 0. The second-order valence-corrected chi connectivity index (χ2v) is 7.84. The molecule has 1 fully saturated rings. The molecule has 138 valence electrons. The van der Waals surface area contributed by atoms with Crippen LogP contribution in [0.5, 0.6) is 0 Å². The van der Waals surface area contributed by atoms with Gasteiger partial charge in [0, 0.05) is 23.7 Å². The van der Waals surface area contributed by atoms with Crippen LogP contribution in [0.4, 0.5) is 5.13 Å². The first-order valence-electron chi connectivity index (χ1n) is 9.17. The molecular formula is C20H25N3O2S. The molecule has 0 atom stereocenters. The molecule has 2 aromatic rings. The standard InChI is InChI=1S/C20H25N3O2S/c1-15-6-5-9-17(12-15)19(25)23(13-16-7-3-2-4-8-16)14-18(24)22-20-21-10-11-26-20/h5-6,9-12,16H,2-4,7-8,13-14H2,1H3,(H,21,22,24). The molecular weight excluding hydrogens is 346 g/mol. The van der Waals surface area contributed by atoms with E-state index in [1.165, 1.54) is 30.6 Å². The van der Waals surface area contributed by atoms with Crippen molar-refractivity contribution in [2.24, 2.45) is 5.92 Å². The molecule has 26 heavy (non-hydrogen) atoms. The second kappa shape index (κ2) is 8.94. The number of hydrogen-bond acceptors (Lipinski definition) is 4. The Labute approximate surface area is 158 Å². The van der Waals surface area contributed by atoms with Gasteiger partial charge in [-0.15, -0.1) is 11.3 Å². The molecule has 0 saturated heterocycles. The van der Waals surface area contributed by atoms with Gasteiger partial charge in [0.1, 0.15) is 6.54 Å². The van der Waals surface area contributed by atoms with Crippen molar-refractivity contribution in [3.63, 3.8) is 0 Å². The lowest BCUT2D eigenvalue weighted by atomic mass is 9.89. The number of aromatic nitrogens is 1. The second-order valence-electron chi connectivity index (χ2n) is 6.94. The van der Waals surface area contributed by atoms with Gasteiger partial charge in [-0.05, 0) is 37.8 Å². The third kappa shape index (κ3) is 5.14. The number of hydrogen-bond donors (Lipinski definition) is 1. The van der Waals surface area contributed by atoms with Gasteiger partial charge in [0.2, 0.25) is 5.91 Å². The van der Waals surface area contributed by atoms with E-state index < -0.39 is 0 Å². The van der Waals surface area contributed by atoms with E-state index in [1.54, 1.807) is 11.1 Å². The summed E-state index contributed by atoms with van der Waals surface area (Å²) in [5.41, 5.74) is 1.68. The van der Waals surface area contributed by atoms with Gasteiger partial charge in [0.15, 0.2) is 5.13 Å². The van der Waals surface area contributed by atoms with Crippen LogP contribution in [0.1, 0.15) is 48.0 Å². The van der Waals surface area contributed by atoms with Crippen molar-refractivity contribution >= 4 is 28.3 Å². The SMILES string of the molecule is Cc1cccc(C(=O)N(CC(=O)Nc2nccs2)CC2CCCCC2)c1. The molecule has 2 amide bonds. The molecule has 6 heteroatoms. The topological polar surface area (TPSA) is 62.3 Å². The average Bonchev–Trinajstić information content (AvgIpc) is 3.14. The third-order valence-electron chi connectivity index (χ3n) is 4.77. The molecule has 0 radical (unpaired) electrons. The Balaban J connectivity index is 1.71. The number of amides is 2. The fourth-order valence-corrected chi connectivity index (χ4v) is 4.02. The van der Waals surface area contributed by atoms with E-state index in [0.717, 1.165) is 18.4 Å². The highest BCUT2D eigenvalue weighted by molar-refractivity contribution is 7.13. The average molecular weight is 372 g/mol. The number of rotatable bonds is 6. The molecule has 1 N–H and O–H groups in total. The molecule has 0 bridgehead atoms. The van der Waals surface area contributed by atoms with Crippen LogP contribution in [0.2, 0.25) is 0 Å². The Morgan fingerprint density at radius 1 is 1.27 bits per heavy atom. The van der Waals surface area contributed by atoms with Crippen LogP contribution in [0, 0.1) is 12.8 Å². The quantitative estimate of drug-likeness (QED) is 0.831. The van der Waals surface area contributed by atoms with E-state index in [0.29, 0.717) is 23.2 Å². The minimum absolute atomic E-state index is 0.0584. The summed E-state index contributed by atoms with van der Waals surface area (Å²) in [6, 6.07) is 7.56. The van der Waals surface area contributed by atoms with Crippen molar-refractivity contribution in [1.29, 1.82) is 0 Å². The first kappa shape index (κ1) is 18.6. The largest absolute Gasteiger partial charge is 0.329 e. The van der Waals surface area contributed by atoms with Gasteiger partial charge in [-0.2, -0.15) is 0 Å². The van der Waals surface area contributed by atoms with Gasteiger partial charge in [0.05, 0.1) is 0 Å². The Morgan fingerprint density at radius 3 is 2.77 bits per heavy atom.